The average molecular weight is 378 g/mol. The van der Waals surface area contributed by atoms with Gasteiger partial charge in [0, 0.05) is 5.02 Å². The molecule has 0 aromatic heterocycles. The predicted octanol–water partition coefficient (Wildman–Crippen LogP) is 3.02. The Balaban J connectivity index is 1.62. The van der Waals surface area contributed by atoms with Crippen LogP contribution in [0.4, 0.5) is 4.79 Å². The zero-order chi connectivity index (χ0) is 18.9. The van der Waals surface area contributed by atoms with Crippen LogP contribution in [0.5, 0.6) is 0 Å². The van der Waals surface area contributed by atoms with Gasteiger partial charge in [-0.3, -0.25) is 14.5 Å². The van der Waals surface area contributed by atoms with Crippen molar-refractivity contribution in [1.82, 2.24) is 15.5 Å². The van der Waals surface area contributed by atoms with Crippen LogP contribution in [-0.2, 0) is 9.59 Å². The molecule has 1 unspecified atom stereocenters. The van der Waals surface area contributed by atoms with Gasteiger partial charge in [-0.25, -0.2) is 4.79 Å². The molecule has 1 heterocycles. The number of amides is 4. The summed E-state index contributed by atoms with van der Waals surface area (Å²) < 4.78 is 0. The van der Waals surface area contributed by atoms with Crippen molar-refractivity contribution < 1.29 is 14.4 Å². The first-order valence-electron chi connectivity index (χ1n) is 9.00. The lowest BCUT2D eigenvalue weighted by atomic mass is 9.77. The molecule has 3 rings (SSSR count). The highest BCUT2D eigenvalue weighted by Gasteiger charge is 2.52. The Morgan fingerprint density at radius 2 is 2.08 bits per heavy atom. The lowest BCUT2D eigenvalue weighted by Crippen LogP contribution is -2.50. The fraction of sp³-hybridized carbons (Fsp3) is 0.526. The standard InChI is InChI=1S/C19H24ClN3O3/c1-12-6-8-19(9-7-12)17(25)23(18(26)22-19)11-16(24)21-13(2)14-4-3-5-15(20)10-14/h3-5,10,12-13H,6-9,11H2,1-2H3,(H,21,24)(H,22,26). The first-order valence-corrected chi connectivity index (χ1v) is 9.37. The Morgan fingerprint density at radius 1 is 1.38 bits per heavy atom. The lowest BCUT2D eigenvalue weighted by molar-refractivity contribution is -0.136. The molecule has 140 valence electrons. The van der Waals surface area contributed by atoms with E-state index in [-0.39, 0.29) is 24.4 Å². The quantitative estimate of drug-likeness (QED) is 0.791. The summed E-state index contributed by atoms with van der Waals surface area (Å²) in [6.45, 7) is 3.71. The molecule has 1 spiro atoms. The number of hydrogen-bond donors (Lipinski definition) is 2. The van der Waals surface area contributed by atoms with Gasteiger partial charge in [0.1, 0.15) is 12.1 Å². The molecular formula is C19H24ClN3O3. The largest absolute Gasteiger partial charge is 0.348 e. The van der Waals surface area contributed by atoms with E-state index in [2.05, 4.69) is 17.6 Å². The molecule has 0 bridgehead atoms. The maximum atomic E-state index is 12.8. The van der Waals surface area contributed by atoms with Gasteiger partial charge in [-0.1, -0.05) is 30.7 Å². The molecule has 1 saturated heterocycles. The number of benzene rings is 1. The summed E-state index contributed by atoms with van der Waals surface area (Å²) in [6, 6.07) is 6.46. The second-order valence-electron chi connectivity index (χ2n) is 7.43. The first-order chi connectivity index (χ1) is 12.3. The zero-order valence-electron chi connectivity index (χ0n) is 15.0. The van der Waals surface area contributed by atoms with Crippen LogP contribution in [0.25, 0.3) is 0 Å². The Hall–Kier alpha value is -2.08. The van der Waals surface area contributed by atoms with Gasteiger partial charge in [0.15, 0.2) is 0 Å². The molecule has 1 aromatic rings. The lowest BCUT2D eigenvalue weighted by Gasteiger charge is -2.33. The van der Waals surface area contributed by atoms with Crippen molar-refractivity contribution in [3.05, 3.63) is 34.9 Å². The predicted molar refractivity (Wildman–Crippen MR) is 98.6 cm³/mol. The van der Waals surface area contributed by atoms with Crippen LogP contribution in [0.1, 0.15) is 51.1 Å². The van der Waals surface area contributed by atoms with Gasteiger partial charge in [0.05, 0.1) is 6.04 Å². The van der Waals surface area contributed by atoms with Gasteiger partial charge >= 0.3 is 6.03 Å². The van der Waals surface area contributed by atoms with Crippen molar-refractivity contribution >= 4 is 29.4 Å². The molecule has 4 amide bonds. The Morgan fingerprint density at radius 3 is 2.73 bits per heavy atom. The Labute approximate surface area is 158 Å². The van der Waals surface area contributed by atoms with Crippen LogP contribution >= 0.6 is 11.6 Å². The van der Waals surface area contributed by atoms with Crippen LogP contribution in [0.15, 0.2) is 24.3 Å². The monoisotopic (exact) mass is 377 g/mol. The van der Waals surface area contributed by atoms with Crippen LogP contribution in [-0.4, -0.2) is 34.8 Å². The van der Waals surface area contributed by atoms with Crippen LogP contribution in [0.2, 0.25) is 5.02 Å². The molecule has 1 aliphatic heterocycles. The van der Waals surface area contributed by atoms with Crippen molar-refractivity contribution in [2.45, 2.75) is 51.1 Å². The topological polar surface area (TPSA) is 78.5 Å². The number of nitrogens with one attached hydrogen (secondary N) is 2. The zero-order valence-corrected chi connectivity index (χ0v) is 15.8. The number of rotatable bonds is 4. The third-order valence-electron chi connectivity index (χ3n) is 5.40. The number of urea groups is 1. The van der Waals surface area contributed by atoms with E-state index in [0.29, 0.717) is 23.8 Å². The molecule has 2 N–H and O–H groups in total. The molecule has 1 aromatic carbocycles. The van der Waals surface area contributed by atoms with Gasteiger partial charge in [0.25, 0.3) is 5.91 Å². The minimum absolute atomic E-state index is 0.271. The van der Waals surface area contributed by atoms with Gasteiger partial charge in [-0.2, -0.15) is 0 Å². The maximum absolute atomic E-state index is 12.8. The third-order valence-corrected chi connectivity index (χ3v) is 5.64. The summed E-state index contributed by atoms with van der Waals surface area (Å²) in [7, 11) is 0. The molecule has 2 aliphatic rings. The van der Waals surface area contributed by atoms with Crippen molar-refractivity contribution in [2.24, 2.45) is 5.92 Å². The molecule has 7 heteroatoms. The van der Waals surface area contributed by atoms with Crippen molar-refractivity contribution in [1.29, 1.82) is 0 Å². The highest BCUT2D eigenvalue weighted by atomic mass is 35.5. The molecule has 6 nitrogen and oxygen atoms in total. The minimum atomic E-state index is -0.817. The molecule has 1 aliphatic carbocycles. The first kappa shape index (κ1) is 18.7. The fourth-order valence-electron chi connectivity index (χ4n) is 3.70. The van der Waals surface area contributed by atoms with Crippen molar-refractivity contribution in [3.63, 3.8) is 0 Å². The number of carbonyl (C=O) groups is 3. The smallest absolute Gasteiger partial charge is 0.325 e. The van der Waals surface area contributed by atoms with Gasteiger partial charge < -0.3 is 10.6 Å². The van der Waals surface area contributed by atoms with Crippen LogP contribution in [0.3, 0.4) is 0 Å². The van der Waals surface area contributed by atoms with E-state index in [1.165, 1.54) is 0 Å². The van der Waals surface area contributed by atoms with Crippen LogP contribution < -0.4 is 10.6 Å². The van der Waals surface area contributed by atoms with Crippen molar-refractivity contribution in [2.75, 3.05) is 6.54 Å². The van der Waals surface area contributed by atoms with E-state index in [9.17, 15) is 14.4 Å². The highest BCUT2D eigenvalue weighted by molar-refractivity contribution is 6.30. The second kappa shape index (κ2) is 7.27. The summed E-state index contributed by atoms with van der Waals surface area (Å²) in [6.07, 6.45) is 3.07. The van der Waals surface area contributed by atoms with E-state index < -0.39 is 11.6 Å². The summed E-state index contributed by atoms with van der Waals surface area (Å²) in [5.74, 6) is -0.0941. The van der Waals surface area contributed by atoms with Gasteiger partial charge in [-0.15, -0.1) is 0 Å². The summed E-state index contributed by atoms with van der Waals surface area (Å²) in [5.41, 5.74) is 0.0448. The van der Waals surface area contributed by atoms with E-state index in [1.54, 1.807) is 12.1 Å². The van der Waals surface area contributed by atoms with E-state index >= 15 is 0 Å². The van der Waals surface area contributed by atoms with E-state index in [0.717, 1.165) is 23.3 Å². The van der Waals surface area contributed by atoms with Gasteiger partial charge in [0.2, 0.25) is 5.91 Å². The summed E-state index contributed by atoms with van der Waals surface area (Å²) in [4.78, 5) is 38.5. The van der Waals surface area contributed by atoms with Crippen LogP contribution in [0, 0.1) is 5.92 Å². The maximum Gasteiger partial charge on any atom is 0.325 e. The summed E-state index contributed by atoms with van der Waals surface area (Å²) in [5, 5.41) is 6.23. The SMILES string of the molecule is CC1CCC2(CC1)NC(=O)N(CC(=O)NC(C)c1cccc(Cl)c1)C2=O. The molecule has 26 heavy (non-hydrogen) atoms. The molecule has 1 saturated carbocycles. The summed E-state index contributed by atoms with van der Waals surface area (Å²) >= 11 is 5.98. The molecule has 1 atom stereocenters. The highest BCUT2D eigenvalue weighted by Crippen LogP contribution is 2.36. The van der Waals surface area contributed by atoms with Gasteiger partial charge in [-0.05, 0) is 56.2 Å². The minimum Gasteiger partial charge on any atom is -0.348 e. The van der Waals surface area contributed by atoms with E-state index in [4.69, 9.17) is 11.6 Å². The molecule has 0 radical (unpaired) electrons. The number of nitrogens with zero attached hydrogens (tertiary/aromatic N) is 1. The second-order valence-corrected chi connectivity index (χ2v) is 7.87. The number of imide groups is 1. The molecule has 2 fully saturated rings. The average Bonchev–Trinajstić information content (AvgIpc) is 2.82. The fourth-order valence-corrected chi connectivity index (χ4v) is 3.90. The Kier molecular flexibility index (Phi) is 5.23. The molecular weight excluding hydrogens is 354 g/mol. The van der Waals surface area contributed by atoms with Crippen molar-refractivity contribution in [3.8, 4) is 0 Å². The normalized spacial score (nSPS) is 26.7. The Bertz CT molecular complexity index is 728. The third kappa shape index (κ3) is 3.70. The van der Waals surface area contributed by atoms with E-state index in [1.807, 2.05) is 19.1 Å². The number of hydrogen-bond acceptors (Lipinski definition) is 3. The number of halogens is 1. The number of carbonyl (C=O) groups excluding carboxylic acids is 3.